The Hall–Kier alpha value is -2.89. The van der Waals surface area contributed by atoms with Gasteiger partial charge in [0, 0.05) is 35.8 Å². The number of aryl methyl sites for hydroxylation is 2. The average molecular weight is 328 g/mol. The summed E-state index contributed by atoms with van der Waals surface area (Å²) in [6.07, 6.45) is 1.54. The number of hydrogen-bond donors (Lipinski definition) is 1. The van der Waals surface area contributed by atoms with Gasteiger partial charge in [0.2, 0.25) is 0 Å². The Morgan fingerprint density at radius 2 is 2.04 bits per heavy atom. The molecule has 0 spiro atoms. The standard InChI is InChI=1S/C18H17FN2O3/c1-10-14-9-13(19)4-5-15(14)24-17(10)11(2)20-18(23)12-6-7-21(3)16(22)8-12/h4-9,11H,1-3H3,(H,20,23)/t11-/m1/s1. The van der Waals surface area contributed by atoms with E-state index in [9.17, 15) is 14.0 Å². The number of carbonyl (C=O) groups excluding carboxylic acids is 1. The van der Waals surface area contributed by atoms with Gasteiger partial charge in [0.05, 0.1) is 6.04 Å². The lowest BCUT2D eigenvalue weighted by Crippen LogP contribution is -2.28. The molecule has 0 aliphatic heterocycles. The van der Waals surface area contributed by atoms with Crippen molar-refractivity contribution in [2.24, 2.45) is 7.05 Å². The topological polar surface area (TPSA) is 64.2 Å². The van der Waals surface area contributed by atoms with Gasteiger partial charge in [-0.05, 0) is 38.1 Å². The summed E-state index contributed by atoms with van der Waals surface area (Å²) in [6.45, 7) is 3.60. The monoisotopic (exact) mass is 328 g/mol. The second-order valence-corrected chi connectivity index (χ2v) is 5.79. The number of halogens is 1. The maximum Gasteiger partial charge on any atom is 0.252 e. The summed E-state index contributed by atoms with van der Waals surface area (Å²) < 4.78 is 20.5. The van der Waals surface area contributed by atoms with Gasteiger partial charge in [0.25, 0.3) is 11.5 Å². The number of fused-ring (bicyclic) bond motifs is 1. The minimum Gasteiger partial charge on any atom is -0.459 e. The molecular weight excluding hydrogens is 311 g/mol. The van der Waals surface area contributed by atoms with E-state index in [2.05, 4.69) is 5.32 Å². The predicted octanol–water partition coefficient (Wildman–Crippen LogP) is 3.07. The molecule has 0 saturated heterocycles. The smallest absolute Gasteiger partial charge is 0.252 e. The van der Waals surface area contributed by atoms with Gasteiger partial charge in [-0.3, -0.25) is 9.59 Å². The average Bonchev–Trinajstić information content (AvgIpc) is 2.86. The molecule has 3 rings (SSSR count). The molecule has 0 unspecified atom stereocenters. The Labute approximate surface area is 137 Å². The highest BCUT2D eigenvalue weighted by atomic mass is 19.1. The summed E-state index contributed by atoms with van der Waals surface area (Å²) in [5.41, 5.74) is 1.37. The molecule has 3 aromatic rings. The molecule has 1 atom stereocenters. The number of aromatic nitrogens is 1. The molecule has 0 aliphatic carbocycles. The maximum absolute atomic E-state index is 13.4. The van der Waals surface area contributed by atoms with Gasteiger partial charge in [-0.15, -0.1) is 0 Å². The van der Waals surface area contributed by atoms with Gasteiger partial charge in [-0.25, -0.2) is 4.39 Å². The number of carbonyl (C=O) groups is 1. The molecule has 1 N–H and O–H groups in total. The zero-order chi connectivity index (χ0) is 17.4. The Morgan fingerprint density at radius 3 is 2.75 bits per heavy atom. The van der Waals surface area contributed by atoms with Crippen molar-refractivity contribution < 1.29 is 13.6 Å². The van der Waals surface area contributed by atoms with Crippen molar-refractivity contribution in [2.45, 2.75) is 19.9 Å². The minimum absolute atomic E-state index is 0.259. The number of furan rings is 1. The van der Waals surface area contributed by atoms with Crippen LogP contribution in [0, 0.1) is 12.7 Å². The number of rotatable bonds is 3. The predicted molar refractivity (Wildman–Crippen MR) is 88.5 cm³/mol. The molecular formula is C18H17FN2O3. The Balaban J connectivity index is 1.88. The molecule has 24 heavy (non-hydrogen) atoms. The lowest BCUT2D eigenvalue weighted by molar-refractivity contribution is 0.0935. The van der Waals surface area contributed by atoms with Gasteiger partial charge in [-0.1, -0.05) is 0 Å². The van der Waals surface area contributed by atoms with Crippen LogP contribution in [0.4, 0.5) is 4.39 Å². The molecule has 0 saturated carbocycles. The first-order chi connectivity index (χ1) is 11.4. The summed E-state index contributed by atoms with van der Waals surface area (Å²) in [5.74, 6) is -0.145. The van der Waals surface area contributed by atoms with Crippen LogP contribution in [0.1, 0.15) is 34.6 Å². The van der Waals surface area contributed by atoms with Crippen LogP contribution in [0.25, 0.3) is 11.0 Å². The number of amides is 1. The molecule has 5 nitrogen and oxygen atoms in total. The van der Waals surface area contributed by atoms with Crippen LogP contribution in [0.3, 0.4) is 0 Å². The number of nitrogens with zero attached hydrogens (tertiary/aromatic N) is 1. The number of nitrogens with one attached hydrogen (secondary N) is 1. The molecule has 2 heterocycles. The van der Waals surface area contributed by atoms with Gasteiger partial charge >= 0.3 is 0 Å². The normalized spacial score (nSPS) is 12.3. The lowest BCUT2D eigenvalue weighted by atomic mass is 10.1. The molecule has 0 bridgehead atoms. The molecule has 0 radical (unpaired) electrons. The van der Waals surface area contributed by atoms with E-state index in [4.69, 9.17) is 4.42 Å². The zero-order valence-electron chi connectivity index (χ0n) is 13.6. The highest BCUT2D eigenvalue weighted by molar-refractivity contribution is 5.94. The van der Waals surface area contributed by atoms with E-state index in [1.54, 1.807) is 26.1 Å². The van der Waals surface area contributed by atoms with Gasteiger partial charge in [-0.2, -0.15) is 0 Å². The van der Waals surface area contributed by atoms with Gasteiger partial charge < -0.3 is 14.3 Å². The number of hydrogen-bond acceptors (Lipinski definition) is 3. The van der Waals surface area contributed by atoms with E-state index in [1.807, 2.05) is 6.92 Å². The van der Waals surface area contributed by atoms with Crippen LogP contribution in [0.15, 0.2) is 45.7 Å². The first kappa shape index (κ1) is 16.0. The van der Waals surface area contributed by atoms with Crippen molar-refractivity contribution in [1.82, 2.24) is 9.88 Å². The first-order valence-electron chi connectivity index (χ1n) is 7.53. The van der Waals surface area contributed by atoms with Crippen molar-refractivity contribution in [3.05, 3.63) is 69.6 Å². The highest BCUT2D eigenvalue weighted by Crippen LogP contribution is 2.30. The SMILES string of the molecule is Cc1c([C@@H](C)NC(=O)c2ccn(C)c(=O)c2)oc2ccc(F)cc12. The third kappa shape index (κ3) is 2.82. The van der Waals surface area contributed by atoms with E-state index in [1.165, 1.54) is 29.0 Å². The second kappa shape index (κ2) is 5.96. The second-order valence-electron chi connectivity index (χ2n) is 5.79. The van der Waals surface area contributed by atoms with Gasteiger partial charge in [0.15, 0.2) is 0 Å². The van der Waals surface area contributed by atoms with Gasteiger partial charge in [0.1, 0.15) is 17.2 Å². The molecule has 1 aromatic carbocycles. The van der Waals surface area contributed by atoms with Crippen molar-refractivity contribution in [3.63, 3.8) is 0 Å². The third-order valence-electron chi connectivity index (χ3n) is 4.04. The van der Waals surface area contributed by atoms with Crippen LogP contribution in [-0.4, -0.2) is 10.5 Å². The zero-order valence-corrected chi connectivity index (χ0v) is 13.6. The molecule has 0 fully saturated rings. The van der Waals surface area contributed by atoms with Crippen LogP contribution in [0.2, 0.25) is 0 Å². The summed E-state index contributed by atoms with van der Waals surface area (Å²) in [7, 11) is 1.61. The van der Waals surface area contributed by atoms with E-state index in [0.717, 1.165) is 5.56 Å². The van der Waals surface area contributed by atoms with Crippen molar-refractivity contribution >= 4 is 16.9 Å². The van der Waals surface area contributed by atoms with Crippen molar-refractivity contribution in [2.75, 3.05) is 0 Å². The number of pyridine rings is 1. The summed E-state index contributed by atoms with van der Waals surface area (Å²) >= 11 is 0. The Morgan fingerprint density at radius 1 is 1.29 bits per heavy atom. The quantitative estimate of drug-likeness (QED) is 0.803. The number of benzene rings is 1. The Bertz CT molecular complexity index is 988. The van der Waals surface area contributed by atoms with Crippen LogP contribution >= 0.6 is 0 Å². The van der Waals surface area contributed by atoms with Crippen LogP contribution < -0.4 is 10.9 Å². The summed E-state index contributed by atoms with van der Waals surface area (Å²) in [6, 6.07) is 6.74. The van der Waals surface area contributed by atoms with E-state index < -0.39 is 6.04 Å². The third-order valence-corrected chi connectivity index (χ3v) is 4.04. The molecule has 0 aliphatic rings. The Kier molecular flexibility index (Phi) is 3.97. The van der Waals surface area contributed by atoms with Crippen molar-refractivity contribution in [1.29, 1.82) is 0 Å². The fraction of sp³-hybridized carbons (Fsp3) is 0.222. The van der Waals surface area contributed by atoms with E-state index >= 15 is 0 Å². The largest absolute Gasteiger partial charge is 0.459 e. The van der Waals surface area contributed by atoms with E-state index in [0.29, 0.717) is 16.7 Å². The first-order valence-corrected chi connectivity index (χ1v) is 7.53. The molecule has 1 amide bonds. The lowest BCUT2D eigenvalue weighted by Gasteiger charge is -2.12. The fourth-order valence-corrected chi connectivity index (χ4v) is 2.66. The molecule has 2 aromatic heterocycles. The van der Waals surface area contributed by atoms with E-state index in [-0.39, 0.29) is 22.8 Å². The summed E-state index contributed by atoms with van der Waals surface area (Å²) in [5, 5.41) is 3.48. The fourth-order valence-electron chi connectivity index (χ4n) is 2.66. The van der Waals surface area contributed by atoms with Crippen molar-refractivity contribution in [3.8, 4) is 0 Å². The molecule has 6 heteroatoms. The highest BCUT2D eigenvalue weighted by Gasteiger charge is 2.19. The molecule has 124 valence electrons. The minimum atomic E-state index is -0.419. The maximum atomic E-state index is 13.4. The summed E-state index contributed by atoms with van der Waals surface area (Å²) in [4.78, 5) is 23.9. The van der Waals surface area contributed by atoms with Crippen LogP contribution in [-0.2, 0) is 7.05 Å². The van der Waals surface area contributed by atoms with Crippen LogP contribution in [0.5, 0.6) is 0 Å².